The molecule has 0 saturated carbocycles. The largest absolute Gasteiger partial charge is 0.377 e. The van der Waals surface area contributed by atoms with Crippen LogP contribution in [0.15, 0.2) is 0 Å². The number of carbonyl (C=O) groups excluding carboxylic acids is 1. The molecule has 0 aromatic carbocycles. The number of Topliss-reactive ketones (excluding diaryl/α,β-unsaturated/α-hetero) is 1. The van der Waals surface area contributed by atoms with Crippen molar-refractivity contribution >= 4 is 5.78 Å². The molecule has 0 aliphatic carbocycles. The van der Waals surface area contributed by atoms with Gasteiger partial charge in [-0.2, -0.15) is 0 Å². The Morgan fingerprint density at radius 3 is 3.00 bits per heavy atom. The second-order valence-corrected chi connectivity index (χ2v) is 3.41. The van der Waals surface area contributed by atoms with Gasteiger partial charge >= 0.3 is 0 Å². The van der Waals surface area contributed by atoms with Crippen molar-refractivity contribution in [2.45, 2.75) is 12.0 Å². The average Bonchev–Trinajstić information content (AvgIpc) is 2.20. The molecule has 1 unspecified atom stereocenters. The summed E-state index contributed by atoms with van der Waals surface area (Å²) in [4.78, 5) is 11.8. The third kappa shape index (κ3) is 2.51. The Kier molecular flexibility index (Phi) is 4.47. The molecule has 1 aliphatic heterocycles. The van der Waals surface area contributed by atoms with E-state index in [1.165, 1.54) is 7.11 Å². The van der Waals surface area contributed by atoms with Crippen LogP contribution in [0.25, 0.3) is 0 Å². The minimum Gasteiger partial charge on any atom is -0.377 e. The molecule has 14 heavy (non-hydrogen) atoms. The highest BCUT2D eigenvalue weighted by molar-refractivity contribution is 5.89. The highest BCUT2D eigenvalue weighted by Gasteiger charge is 2.39. The van der Waals surface area contributed by atoms with Gasteiger partial charge in [0.2, 0.25) is 0 Å². The first-order valence-electron chi connectivity index (χ1n) is 4.82. The Morgan fingerprint density at radius 2 is 2.50 bits per heavy atom. The fourth-order valence-electron chi connectivity index (χ4n) is 1.63. The molecular weight excluding hydrogens is 184 g/mol. The Labute approximate surface area is 83.9 Å². The minimum atomic E-state index is -0.761. The normalized spacial score (nSPS) is 27.6. The number of morpholine rings is 1. The van der Waals surface area contributed by atoms with Gasteiger partial charge in [0.15, 0.2) is 5.78 Å². The first kappa shape index (κ1) is 11.6. The fourth-order valence-corrected chi connectivity index (χ4v) is 1.63. The van der Waals surface area contributed by atoms with Crippen molar-refractivity contribution < 1.29 is 14.3 Å². The molecule has 3 N–H and O–H groups in total. The number of nitrogens with one attached hydrogen (secondary N) is 1. The van der Waals surface area contributed by atoms with Crippen LogP contribution >= 0.6 is 0 Å². The van der Waals surface area contributed by atoms with Crippen molar-refractivity contribution in [2.24, 2.45) is 5.73 Å². The van der Waals surface area contributed by atoms with Gasteiger partial charge in [-0.05, 0) is 13.0 Å². The van der Waals surface area contributed by atoms with Gasteiger partial charge in [-0.1, -0.05) is 0 Å². The van der Waals surface area contributed by atoms with E-state index in [0.29, 0.717) is 26.1 Å². The van der Waals surface area contributed by atoms with E-state index < -0.39 is 5.60 Å². The summed E-state index contributed by atoms with van der Waals surface area (Å²) in [6.45, 7) is 2.40. The third-order valence-corrected chi connectivity index (χ3v) is 2.40. The van der Waals surface area contributed by atoms with Crippen LogP contribution < -0.4 is 11.1 Å². The molecule has 0 amide bonds. The standard InChI is InChI=1S/C9H18N2O3/c1-13-6-8(12)9(2-3-10)7-11-4-5-14-9/h11H,2-7,10H2,1H3. The molecule has 1 rings (SSSR count). The van der Waals surface area contributed by atoms with Crippen molar-refractivity contribution in [1.82, 2.24) is 5.32 Å². The highest BCUT2D eigenvalue weighted by atomic mass is 16.5. The number of nitrogens with two attached hydrogens (primary N) is 1. The second kappa shape index (κ2) is 5.41. The third-order valence-electron chi connectivity index (χ3n) is 2.40. The topological polar surface area (TPSA) is 73.6 Å². The lowest BCUT2D eigenvalue weighted by Gasteiger charge is -2.35. The first-order chi connectivity index (χ1) is 6.75. The molecule has 1 fully saturated rings. The molecule has 0 spiro atoms. The van der Waals surface area contributed by atoms with E-state index in [0.717, 1.165) is 6.54 Å². The zero-order chi connectivity index (χ0) is 10.4. The lowest BCUT2D eigenvalue weighted by Crippen LogP contribution is -2.56. The van der Waals surface area contributed by atoms with E-state index in [2.05, 4.69) is 5.32 Å². The number of rotatable bonds is 5. The quantitative estimate of drug-likeness (QED) is 0.592. The molecule has 5 heteroatoms. The van der Waals surface area contributed by atoms with Crippen molar-refractivity contribution in [3.8, 4) is 0 Å². The predicted molar refractivity (Wildman–Crippen MR) is 52.1 cm³/mol. The molecule has 0 aromatic rings. The number of ketones is 1. The van der Waals surface area contributed by atoms with E-state index in [9.17, 15) is 4.79 Å². The summed E-state index contributed by atoms with van der Waals surface area (Å²) in [6, 6.07) is 0. The molecule has 5 nitrogen and oxygen atoms in total. The minimum absolute atomic E-state index is 0.0300. The molecular formula is C9H18N2O3. The first-order valence-corrected chi connectivity index (χ1v) is 4.82. The number of ether oxygens (including phenoxy) is 2. The van der Waals surface area contributed by atoms with Crippen molar-refractivity contribution in [2.75, 3.05) is 40.0 Å². The Bertz CT molecular complexity index is 185. The van der Waals surface area contributed by atoms with Gasteiger partial charge in [0.05, 0.1) is 6.61 Å². The van der Waals surface area contributed by atoms with Crippen LogP contribution in [-0.2, 0) is 14.3 Å². The molecule has 0 aromatic heterocycles. The smallest absolute Gasteiger partial charge is 0.191 e. The molecule has 82 valence electrons. The van der Waals surface area contributed by atoms with Gasteiger partial charge in [-0.25, -0.2) is 0 Å². The molecule has 1 saturated heterocycles. The van der Waals surface area contributed by atoms with Crippen molar-refractivity contribution in [1.29, 1.82) is 0 Å². The Balaban J connectivity index is 2.63. The SMILES string of the molecule is COCC(=O)C1(CCN)CNCCO1. The Morgan fingerprint density at radius 1 is 1.71 bits per heavy atom. The van der Waals surface area contributed by atoms with Gasteiger partial charge in [0.25, 0.3) is 0 Å². The average molecular weight is 202 g/mol. The van der Waals surface area contributed by atoms with E-state index in [1.807, 2.05) is 0 Å². The Hall–Kier alpha value is -0.490. The second-order valence-electron chi connectivity index (χ2n) is 3.41. The molecule has 1 atom stereocenters. The van der Waals surface area contributed by atoms with Crippen molar-refractivity contribution in [3.05, 3.63) is 0 Å². The fraction of sp³-hybridized carbons (Fsp3) is 0.889. The van der Waals surface area contributed by atoms with Crippen LogP contribution in [0.5, 0.6) is 0 Å². The van der Waals surface area contributed by atoms with Gasteiger partial charge in [-0.15, -0.1) is 0 Å². The van der Waals surface area contributed by atoms with E-state index in [-0.39, 0.29) is 12.4 Å². The lowest BCUT2D eigenvalue weighted by atomic mass is 9.93. The van der Waals surface area contributed by atoms with Crippen LogP contribution in [0.4, 0.5) is 0 Å². The molecule has 1 aliphatic rings. The highest BCUT2D eigenvalue weighted by Crippen LogP contribution is 2.18. The van der Waals surface area contributed by atoms with Crippen LogP contribution in [-0.4, -0.2) is 51.3 Å². The van der Waals surface area contributed by atoms with E-state index >= 15 is 0 Å². The number of hydrogen-bond donors (Lipinski definition) is 2. The summed E-state index contributed by atoms with van der Waals surface area (Å²) >= 11 is 0. The van der Waals surface area contributed by atoms with Crippen LogP contribution in [0.2, 0.25) is 0 Å². The summed E-state index contributed by atoms with van der Waals surface area (Å²) in [6.07, 6.45) is 0.544. The molecule has 0 bridgehead atoms. The van der Waals surface area contributed by atoms with Gasteiger partial charge in [-0.3, -0.25) is 4.79 Å². The van der Waals surface area contributed by atoms with E-state index in [1.54, 1.807) is 0 Å². The summed E-state index contributed by atoms with van der Waals surface area (Å²) < 4.78 is 10.4. The van der Waals surface area contributed by atoms with Crippen LogP contribution in [0, 0.1) is 0 Å². The summed E-state index contributed by atoms with van der Waals surface area (Å²) in [5.41, 5.74) is 4.72. The maximum atomic E-state index is 11.8. The summed E-state index contributed by atoms with van der Waals surface area (Å²) in [5.74, 6) is -0.0300. The number of methoxy groups -OCH3 is 1. The number of hydrogen-bond acceptors (Lipinski definition) is 5. The number of carbonyl (C=O) groups is 1. The lowest BCUT2D eigenvalue weighted by molar-refractivity contribution is -0.152. The maximum absolute atomic E-state index is 11.8. The predicted octanol–water partition coefficient (Wildman–Crippen LogP) is -1.09. The van der Waals surface area contributed by atoms with Gasteiger partial charge < -0.3 is 20.5 Å². The molecule has 0 radical (unpaired) electrons. The van der Waals surface area contributed by atoms with Crippen LogP contribution in [0.1, 0.15) is 6.42 Å². The summed E-state index contributed by atoms with van der Waals surface area (Å²) in [7, 11) is 1.50. The monoisotopic (exact) mass is 202 g/mol. The molecule has 1 heterocycles. The van der Waals surface area contributed by atoms with Gasteiger partial charge in [0, 0.05) is 20.2 Å². The van der Waals surface area contributed by atoms with E-state index in [4.69, 9.17) is 15.2 Å². The zero-order valence-electron chi connectivity index (χ0n) is 8.54. The van der Waals surface area contributed by atoms with Crippen LogP contribution in [0.3, 0.4) is 0 Å². The van der Waals surface area contributed by atoms with Crippen molar-refractivity contribution in [3.63, 3.8) is 0 Å². The van der Waals surface area contributed by atoms with Gasteiger partial charge in [0.1, 0.15) is 12.2 Å². The zero-order valence-corrected chi connectivity index (χ0v) is 8.54. The maximum Gasteiger partial charge on any atom is 0.191 e. The summed E-state index contributed by atoms with van der Waals surface area (Å²) in [5, 5.41) is 3.14.